The maximum Gasteiger partial charge on any atom is 0.0269 e. The van der Waals surface area contributed by atoms with Crippen molar-refractivity contribution in [3.63, 3.8) is 0 Å². The summed E-state index contributed by atoms with van der Waals surface area (Å²) in [5.74, 6) is 0.762. The fraction of sp³-hybridized carbons (Fsp3) is 1.00. The number of rotatable bonds is 1. The molecule has 0 saturated carbocycles. The Morgan fingerprint density at radius 3 is 2.70 bits per heavy atom. The van der Waals surface area contributed by atoms with Gasteiger partial charge in [-0.2, -0.15) is 0 Å². The second kappa shape index (κ2) is 3.97. The molecule has 0 amide bonds. The van der Waals surface area contributed by atoms with Gasteiger partial charge < -0.3 is 0 Å². The summed E-state index contributed by atoms with van der Waals surface area (Å²) in [6, 6.07) is 0.669. The highest BCUT2D eigenvalue weighted by Crippen LogP contribution is 2.15. The molecule has 1 aliphatic rings. The molecular formula is C9H18N. The topological polar surface area (TPSA) is 14.1 Å². The monoisotopic (exact) mass is 140 g/mol. The molecule has 1 radical (unpaired) electrons. The van der Waals surface area contributed by atoms with E-state index in [2.05, 4.69) is 19.2 Å². The molecule has 0 N–H and O–H groups in total. The summed E-state index contributed by atoms with van der Waals surface area (Å²) in [5.41, 5.74) is 0. The van der Waals surface area contributed by atoms with E-state index in [4.69, 9.17) is 0 Å². The van der Waals surface area contributed by atoms with Crippen molar-refractivity contribution in [1.82, 2.24) is 5.32 Å². The van der Waals surface area contributed by atoms with E-state index in [0.29, 0.717) is 6.04 Å². The lowest BCUT2D eigenvalue weighted by atomic mass is 10.00. The summed E-state index contributed by atoms with van der Waals surface area (Å²) in [5, 5.41) is 4.62. The van der Waals surface area contributed by atoms with Crippen LogP contribution in [0.3, 0.4) is 0 Å². The van der Waals surface area contributed by atoms with Crippen LogP contribution in [0.25, 0.3) is 0 Å². The van der Waals surface area contributed by atoms with E-state index >= 15 is 0 Å². The van der Waals surface area contributed by atoms with Gasteiger partial charge in [0.25, 0.3) is 0 Å². The van der Waals surface area contributed by atoms with Gasteiger partial charge in [0, 0.05) is 12.6 Å². The van der Waals surface area contributed by atoms with Gasteiger partial charge in [0.15, 0.2) is 0 Å². The zero-order chi connectivity index (χ0) is 7.40. The standard InChI is InChI=1S/C9H18N/c1-8(2)9-6-4-3-5-7-10-9/h8-9H,3-7H2,1-2H3. The Balaban J connectivity index is 2.28. The Kier molecular flexibility index (Phi) is 3.20. The van der Waals surface area contributed by atoms with Gasteiger partial charge in [0.1, 0.15) is 0 Å². The van der Waals surface area contributed by atoms with Gasteiger partial charge in [-0.25, -0.2) is 5.32 Å². The Labute approximate surface area is 64.2 Å². The molecule has 1 atom stereocenters. The predicted molar refractivity (Wildman–Crippen MR) is 44.1 cm³/mol. The molecule has 0 aromatic rings. The van der Waals surface area contributed by atoms with Gasteiger partial charge in [-0.05, 0) is 18.8 Å². The third-order valence-electron chi connectivity index (χ3n) is 2.29. The van der Waals surface area contributed by atoms with Gasteiger partial charge in [-0.15, -0.1) is 0 Å². The van der Waals surface area contributed by atoms with Crippen LogP contribution in [0.1, 0.15) is 39.5 Å². The molecular weight excluding hydrogens is 122 g/mol. The van der Waals surface area contributed by atoms with Gasteiger partial charge in [-0.1, -0.05) is 26.7 Å². The second-order valence-corrected chi connectivity index (χ2v) is 3.57. The lowest BCUT2D eigenvalue weighted by molar-refractivity contribution is 0.388. The fourth-order valence-electron chi connectivity index (χ4n) is 1.53. The Bertz CT molecular complexity index is 80.7. The van der Waals surface area contributed by atoms with Crippen LogP contribution < -0.4 is 5.32 Å². The molecule has 0 aliphatic carbocycles. The molecule has 0 spiro atoms. The van der Waals surface area contributed by atoms with Crippen molar-refractivity contribution in [2.24, 2.45) is 5.92 Å². The molecule has 0 aromatic carbocycles. The summed E-state index contributed by atoms with van der Waals surface area (Å²) < 4.78 is 0. The highest BCUT2D eigenvalue weighted by Gasteiger charge is 2.15. The van der Waals surface area contributed by atoms with Crippen molar-refractivity contribution >= 4 is 0 Å². The van der Waals surface area contributed by atoms with Crippen LogP contribution >= 0.6 is 0 Å². The van der Waals surface area contributed by atoms with E-state index in [0.717, 1.165) is 12.5 Å². The highest BCUT2D eigenvalue weighted by molar-refractivity contribution is 4.72. The van der Waals surface area contributed by atoms with Crippen LogP contribution in [0.5, 0.6) is 0 Å². The predicted octanol–water partition coefficient (Wildman–Crippen LogP) is 2.19. The average molecular weight is 140 g/mol. The summed E-state index contributed by atoms with van der Waals surface area (Å²) in [6.45, 7) is 5.67. The lowest BCUT2D eigenvalue weighted by Gasteiger charge is -2.17. The van der Waals surface area contributed by atoms with Crippen molar-refractivity contribution in [3.8, 4) is 0 Å². The van der Waals surface area contributed by atoms with Crippen LogP contribution in [0.2, 0.25) is 0 Å². The van der Waals surface area contributed by atoms with Gasteiger partial charge >= 0.3 is 0 Å². The zero-order valence-corrected chi connectivity index (χ0v) is 7.14. The van der Waals surface area contributed by atoms with E-state index in [1.165, 1.54) is 25.7 Å². The minimum atomic E-state index is 0.669. The molecule has 1 aliphatic heterocycles. The minimum Gasteiger partial charge on any atom is -0.238 e. The molecule has 1 nitrogen and oxygen atoms in total. The molecule has 59 valence electrons. The molecule has 10 heavy (non-hydrogen) atoms. The van der Waals surface area contributed by atoms with Gasteiger partial charge in [0.2, 0.25) is 0 Å². The van der Waals surface area contributed by atoms with Gasteiger partial charge in [-0.3, -0.25) is 0 Å². The summed E-state index contributed by atoms with van der Waals surface area (Å²) >= 11 is 0. The van der Waals surface area contributed by atoms with E-state index < -0.39 is 0 Å². The molecule has 0 bridgehead atoms. The van der Waals surface area contributed by atoms with E-state index in [-0.39, 0.29) is 0 Å². The smallest absolute Gasteiger partial charge is 0.0269 e. The molecule has 1 heterocycles. The highest BCUT2D eigenvalue weighted by atomic mass is 14.9. The van der Waals surface area contributed by atoms with Crippen LogP contribution in [-0.4, -0.2) is 12.6 Å². The first-order valence-electron chi connectivity index (χ1n) is 4.47. The number of hydrogen-bond acceptors (Lipinski definition) is 0. The summed E-state index contributed by atoms with van der Waals surface area (Å²) in [6.07, 6.45) is 5.44. The number of nitrogens with zero attached hydrogens (tertiary/aromatic N) is 1. The van der Waals surface area contributed by atoms with Crippen molar-refractivity contribution < 1.29 is 0 Å². The molecule has 1 unspecified atom stereocenters. The van der Waals surface area contributed by atoms with Crippen LogP contribution in [0.15, 0.2) is 0 Å². The van der Waals surface area contributed by atoms with Crippen molar-refractivity contribution in [3.05, 3.63) is 0 Å². The van der Waals surface area contributed by atoms with Crippen LogP contribution in [-0.2, 0) is 0 Å². The van der Waals surface area contributed by atoms with Crippen LogP contribution in [0.4, 0.5) is 0 Å². The van der Waals surface area contributed by atoms with E-state index in [1.54, 1.807) is 0 Å². The Morgan fingerprint density at radius 2 is 2.00 bits per heavy atom. The maximum atomic E-state index is 4.62. The lowest BCUT2D eigenvalue weighted by Crippen LogP contribution is -2.26. The number of hydrogen-bond donors (Lipinski definition) is 0. The Hall–Kier alpha value is -0.0400. The summed E-state index contributed by atoms with van der Waals surface area (Å²) in [7, 11) is 0. The third kappa shape index (κ3) is 2.30. The first-order valence-corrected chi connectivity index (χ1v) is 4.47. The SMILES string of the molecule is CC(C)C1CCCCC[N]1. The third-order valence-corrected chi connectivity index (χ3v) is 2.29. The summed E-state index contributed by atoms with van der Waals surface area (Å²) in [4.78, 5) is 0. The van der Waals surface area contributed by atoms with E-state index in [1.807, 2.05) is 0 Å². The van der Waals surface area contributed by atoms with Gasteiger partial charge in [0.05, 0.1) is 0 Å². The van der Waals surface area contributed by atoms with Crippen molar-refractivity contribution in [1.29, 1.82) is 0 Å². The Morgan fingerprint density at radius 1 is 1.20 bits per heavy atom. The molecule has 1 saturated heterocycles. The average Bonchev–Trinajstić information content (AvgIpc) is 2.12. The molecule has 1 rings (SSSR count). The zero-order valence-electron chi connectivity index (χ0n) is 7.14. The van der Waals surface area contributed by atoms with E-state index in [9.17, 15) is 0 Å². The largest absolute Gasteiger partial charge is 0.238 e. The van der Waals surface area contributed by atoms with Crippen LogP contribution in [0, 0.1) is 5.92 Å². The normalized spacial score (nSPS) is 28.5. The molecule has 0 aromatic heterocycles. The van der Waals surface area contributed by atoms with Crippen molar-refractivity contribution in [2.45, 2.75) is 45.6 Å². The second-order valence-electron chi connectivity index (χ2n) is 3.57. The molecule has 1 heteroatoms. The first-order chi connectivity index (χ1) is 4.80. The minimum absolute atomic E-state index is 0.669. The maximum absolute atomic E-state index is 4.62. The quantitative estimate of drug-likeness (QED) is 0.530. The van der Waals surface area contributed by atoms with Crippen molar-refractivity contribution in [2.75, 3.05) is 6.54 Å². The first kappa shape index (κ1) is 8.06. The molecule has 1 fully saturated rings. The fourth-order valence-corrected chi connectivity index (χ4v) is 1.53.